The first-order chi connectivity index (χ1) is 12.7. The minimum absolute atomic E-state index is 0.147. The maximum Gasteiger partial charge on any atom is 0.323 e. The summed E-state index contributed by atoms with van der Waals surface area (Å²) in [5.74, 6) is -0.746. The van der Waals surface area contributed by atoms with Gasteiger partial charge < -0.3 is 9.47 Å². The van der Waals surface area contributed by atoms with E-state index in [1.165, 1.54) is 16.0 Å². The van der Waals surface area contributed by atoms with Gasteiger partial charge >= 0.3 is 11.9 Å². The van der Waals surface area contributed by atoms with Gasteiger partial charge in [-0.2, -0.15) is 0 Å². The van der Waals surface area contributed by atoms with Gasteiger partial charge in [-0.3, -0.25) is 9.59 Å². The van der Waals surface area contributed by atoms with E-state index in [2.05, 4.69) is 51.2 Å². The van der Waals surface area contributed by atoms with Crippen molar-refractivity contribution >= 4 is 25.2 Å². The highest BCUT2D eigenvalue weighted by Crippen LogP contribution is 2.49. The Bertz CT molecular complexity index is 703. The summed E-state index contributed by atoms with van der Waals surface area (Å²) in [4.78, 5) is 25.6. The lowest BCUT2D eigenvalue weighted by Crippen LogP contribution is -2.44. The fourth-order valence-corrected chi connectivity index (χ4v) is 6.72. The van der Waals surface area contributed by atoms with Crippen molar-refractivity contribution in [2.45, 2.75) is 53.6 Å². The molecular weight excluding hydrogens is 356 g/mol. The van der Waals surface area contributed by atoms with Crippen molar-refractivity contribution in [2.75, 3.05) is 13.2 Å². The molecule has 0 spiro atoms. The molecule has 0 amide bonds. The van der Waals surface area contributed by atoms with Crippen LogP contribution in [0.4, 0.5) is 0 Å². The van der Waals surface area contributed by atoms with Crippen LogP contribution in [0.3, 0.4) is 0 Å². The lowest BCUT2D eigenvalue weighted by molar-refractivity contribution is -0.171. The Balaban J connectivity index is 2.48. The van der Waals surface area contributed by atoms with Crippen LogP contribution < -0.4 is 5.19 Å². The largest absolute Gasteiger partial charge is 0.465 e. The summed E-state index contributed by atoms with van der Waals surface area (Å²) in [6.07, 6.45) is 0.859. The molecule has 0 aromatic heterocycles. The van der Waals surface area contributed by atoms with Gasteiger partial charge in [-0.15, -0.1) is 0 Å². The normalized spacial score (nSPS) is 20.9. The number of esters is 2. The molecule has 4 nitrogen and oxygen atoms in total. The van der Waals surface area contributed by atoms with E-state index >= 15 is 0 Å². The third-order valence-electron chi connectivity index (χ3n) is 5.99. The van der Waals surface area contributed by atoms with Crippen molar-refractivity contribution in [2.24, 2.45) is 11.3 Å². The van der Waals surface area contributed by atoms with Crippen LogP contribution in [-0.2, 0) is 19.1 Å². The zero-order chi connectivity index (χ0) is 20.2. The molecule has 0 aliphatic heterocycles. The zero-order valence-electron chi connectivity index (χ0n) is 17.4. The Morgan fingerprint density at radius 3 is 2.07 bits per heavy atom. The Morgan fingerprint density at radius 2 is 1.59 bits per heavy atom. The monoisotopic (exact) mass is 388 g/mol. The summed E-state index contributed by atoms with van der Waals surface area (Å²) >= 11 is 0. The zero-order valence-corrected chi connectivity index (χ0v) is 18.4. The minimum atomic E-state index is -1.88. The Labute approximate surface area is 164 Å². The average Bonchev–Trinajstić information content (AvgIpc) is 3.01. The van der Waals surface area contributed by atoms with Crippen molar-refractivity contribution in [3.8, 4) is 0 Å². The SMILES string of the molecule is CCOC(=O)C1(C(=O)OCC)C/C(=C(\C)[Si](C)(C)c2ccccc2)C(C)C1. The second-order valence-corrected chi connectivity index (χ2v) is 12.5. The standard InChI is InChI=1S/C22H32O4Si/c1-7-25-20(23)22(21(24)26-8-2)14-16(3)19(15-22)17(4)27(5,6)18-12-10-9-11-13-18/h9-13,16H,7-8,14-15H2,1-6H3/b19-17-. The highest BCUT2D eigenvalue weighted by molar-refractivity contribution is 6.95. The van der Waals surface area contributed by atoms with E-state index in [-0.39, 0.29) is 19.1 Å². The van der Waals surface area contributed by atoms with Gasteiger partial charge in [0.2, 0.25) is 0 Å². The Morgan fingerprint density at radius 1 is 1.07 bits per heavy atom. The highest BCUT2D eigenvalue weighted by Gasteiger charge is 2.55. The summed E-state index contributed by atoms with van der Waals surface area (Å²) in [5, 5.41) is 2.70. The van der Waals surface area contributed by atoms with E-state index in [4.69, 9.17) is 9.47 Å². The summed E-state index contributed by atoms with van der Waals surface area (Å²) in [7, 11) is -1.88. The quantitative estimate of drug-likeness (QED) is 0.420. The number of hydrogen-bond donors (Lipinski definition) is 0. The average molecular weight is 389 g/mol. The molecule has 27 heavy (non-hydrogen) atoms. The van der Waals surface area contributed by atoms with E-state index in [9.17, 15) is 9.59 Å². The molecule has 1 aliphatic carbocycles. The molecule has 0 bridgehead atoms. The lowest BCUT2D eigenvalue weighted by Gasteiger charge is -2.28. The topological polar surface area (TPSA) is 52.6 Å². The molecule has 5 heteroatoms. The smallest absolute Gasteiger partial charge is 0.323 e. The fourth-order valence-electron chi connectivity index (χ4n) is 4.13. The molecular formula is C22H32O4Si. The van der Waals surface area contributed by atoms with Crippen molar-refractivity contribution in [3.05, 3.63) is 41.1 Å². The van der Waals surface area contributed by atoms with Crippen LogP contribution in [0.1, 0.15) is 40.5 Å². The third-order valence-corrected chi connectivity index (χ3v) is 9.96. The summed E-state index contributed by atoms with van der Waals surface area (Å²) in [5.41, 5.74) is 0.0139. The van der Waals surface area contributed by atoms with E-state index in [1.54, 1.807) is 13.8 Å². The van der Waals surface area contributed by atoms with Gasteiger partial charge in [-0.05, 0) is 39.5 Å². The van der Waals surface area contributed by atoms with E-state index in [0.29, 0.717) is 12.8 Å². The van der Waals surface area contributed by atoms with Gasteiger partial charge in [-0.1, -0.05) is 66.3 Å². The molecule has 1 aromatic rings. The number of benzene rings is 1. The maximum atomic E-state index is 12.8. The second kappa shape index (κ2) is 8.42. The summed E-state index contributed by atoms with van der Waals surface area (Å²) in [6.45, 7) is 13.0. The van der Waals surface area contributed by atoms with Crippen LogP contribution in [0.15, 0.2) is 41.1 Å². The first-order valence-electron chi connectivity index (χ1n) is 9.80. The molecule has 2 rings (SSSR count). The van der Waals surface area contributed by atoms with Crippen molar-refractivity contribution < 1.29 is 19.1 Å². The number of carbonyl (C=O) groups is 2. The van der Waals surface area contributed by atoms with Crippen LogP contribution in [0.25, 0.3) is 0 Å². The number of allylic oxidation sites excluding steroid dienone is 2. The van der Waals surface area contributed by atoms with Crippen molar-refractivity contribution in [1.82, 2.24) is 0 Å². The molecule has 0 heterocycles. The Kier molecular flexibility index (Phi) is 6.68. The predicted octanol–water partition coefficient (Wildman–Crippen LogP) is 4.00. The highest BCUT2D eigenvalue weighted by atomic mass is 28.3. The van der Waals surface area contributed by atoms with E-state index in [1.807, 2.05) is 6.07 Å². The van der Waals surface area contributed by atoms with Crippen LogP contribution in [0.5, 0.6) is 0 Å². The molecule has 148 valence electrons. The van der Waals surface area contributed by atoms with Crippen LogP contribution in [0.2, 0.25) is 13.1 Å². The van der Waals surface area contributed by atoms with Crippen molar-refractivity contribution in [3.63, 3.8) is 0 Å². The van der Waals surface area contributed by atoms with Gasteiger partial charge in [-0.25, -0.2) is 0 Å². The fraction of sp³-hybridized carbons (Fsp3) is 0.545. The van der Waals surface area contributed by atoms with Gasteiger partial charge in [0, 0.05) is 0 Å². The second-order valence-electron chi connectivity index (χ2n) is 7.95. The lowest BCUT2D eigenvalue weighted by atomic mass is 9.85. The molecule has 1 aromatic carbocycles. The maximum absolute atomic E-state index is 12.8. The van der Waals surface area contributed by atoms with Crippen LogP contribution in [-0.4, -0.2) is 33.2 Å². The van der Waals surface area contributed by atoms with Crippen molar-refractivity contribution in [1.29, 1.82) is 0 Å². The first kappa shape index (κ1) is 21.4. The molecule has 0 saturated heterocycles. The molecule has 0 N–H and O–H groups in total. The number of ether oxygens (including phenoxy) is 2. The van der Waals surface area contributed by atoms with Crippen LogP contribution >= 0.6 is 0 Å². The predicted molar refractivity (Wildman–Crippen MR) is 110 cm³/mol. The molecule has 1 fully saturated rings. The molecule has 1 unspecified atom stereocenters. The molecule has 0 radical (unpaired) electrons. The molecule has 1 saturated carbocycles. The first-order valence-corrected chi connectivity index (χ1v) is 12.8. The summed E-state index contributed by atoms with van der Waals surface area (Å²) in [6, 6.07) is 10.5. The number of rotatable bonds is 6. The number of carbonyl (C=O) groups excluding carboxylic acids is 2. The summed E-state index contributed by atoms with van der Waals surface area (Å²) < 4.78 is 10.6. The third kappa shape index (κ3) is 4.03. The van der Waals surface area contributed by atoms with Gasteiger partial charge in [0.1, 0.15) is 8.07 Å². The van der Waals surface area contributed by atoms with Crippen LogP contribution in [0, 0.1) is 11.3 Å². The number of hydrogen-bond acceptors (Lipinski definition) is 4. The minimum Gasteiger partial charge on any atom is -0.465 e. The van der Waals surface area contributed by atoms with Gasteiger partial charge in [0.25, 0.3) is 0 Å². The van der Waals surface area contributed by atoms with E-state index in [0.717, 1.165) is 0 Å². The molecule has 1 atom stereocenters. The van der Waals surface area contributed by atoms with Gasteiger partial charge in [0.15, 0.2) is 5.41 Å². The van der Waals surface area contributed by atoms with Gasteiger partial charge in [0.05, 0.1) is 13.2 Å². The Hall–Kier alpha value is -1.88. The molecule has 1 aliphatic rings. The van der Waals surface area contributed by atoms with E-state index < -0.39 is 25.4 Å².